The molecule has 0 aromatic carbocycles. The van der Waals surface area contributed by atoms with E-state index in [-0.39, 0.29) is 66.9 Å². The van der Waals surface area contributed by atoms with Gasteiger partial charge in [0.2, 0.25) is 0 Å². The first-order chi connectivity index (χ1) is 0. The van der Waals surface area contributed by atoms with E-state index in [0.29, 0.717) is 0 Å². The molecule has 4 heteroatoms. The molecule has 0 aromatic heterocycles. The number of rotatable bonds is 0. The van der Waals surface area contributed by atoms with Crippen LogP contribution in [-0.2, 0) is 19.5 Å². The quantitative estimate of drug-likeness (QED) is 0.308. The summed E-state index contributed by atoms with van der Waals surface area (Å²) in [5, 5.41) is 0. The van der Waals surface area contributed by atoms with Gasteiger partial charge in [-0.15, -0.1) is 0 Å². The normalized spacial score (nSPS) is 0. The fourth-order valence-corrected chi connectivity index (χ4v) is 0. The Morgan fingerprint density at radius 3 is 1.00 bits per heavy atom. The fourth-order valence-electron chi connectivity index (χ4n) is 0. The van der Waals surface area contributed by atoms with Gasteiger partial charge in [0.15, 0.2) is 0 Å². The van der Waals surface area contributed by atoms with Crippen LogP contribution < -0.4 is 42.0 Å². The van der Waals surface area contributed by atoms with Crippen molar-refractivity contribution < 1.29 is 66.9 Å². The average Bonchev–Trinajstić information content (AvgIpc) is 0. The maximum atomic E-state index is 0. The summed E-state index contributed by atoms with van der Waals surface area (Å²) in [7, 11) is 0. The zero-order chi connectivity index (χ0) is 0. The third-order valence-corrected chi connectivity index (χ3v) is 0. The first-order valence-electron chi connectivity index (χ1n) is 0. The Hall–Kier alpha value is 1.87. The van der Waals surface area contributed by atoms with E-state index in [2.05, 4.69) is 0 Å². The van der Waals surface area contributed by atoms with Gasteiger partial charge in [0.1, 0.15) is 0 Å². The monoisotopic (exact) mass is 139 g/mol. The second-order valence-corrected chi connectivity index (χ2v) is 0. The number of hydrogen-bond donors (Lipinski definition) is 0. The summed E-state index contributed by atoms with van der Waals surface area (Å²) in [6.07, 6.45) is 0. The number of halogens is 1. The minimum absolute atomic E-state index is 0. The van der Waals surface area contributed by atoms with Crippen LogP contribution in [0, 0.1) is 0 Å². The van der Waals surface area contributed by atoms with Gasteiger partial charge in [0.25, 0.3) is 0 Å². The Morgan fingerprint density at radius 1 is 1.00 bits per heavy atom. The zero-order valence-corrected chi connectivity index (χ0v) is 8.26. The molecule has 1 nitrogen and oxygen atoms in total. The van der Waals surface area contributed by atoms with Crippen LogP contribution in [0.25, 0.3) is 0 Å². The van der Waals surface area contributed by atoms with E-state index in [1.165, 1.54) is 0 Å². The van der Waals surface area contributed by atoms with Crippen LogP contribution in [0.5, 0.6) is 0 Å². The van der Waals surface area contributed by atoms with Crippen molar-refractivity contribution in [3.63, 3.8) is 0 Å². The molecule has 0 aliphatic carbocycles. The van der Waals surface area contributed by atoms with E-state index in [9.17, 15) is 0 Å². The SMILES string of the molecule is [Cl-].[Na+].[OH-].[Zn+2]. The minimum Gasteiger partial charge on any atom is -1.00 e. The molecule has 0 atom stereocenters. The van der Waals surface area contributed by atoms with Gasteiger partial charge in [-0.1, -0.05) is 0 Å². The number of hydrogen-bond acceptors (Lipinski definition) is 1. The van der Waals surface area contributed by atoms with Crippen molar-refractivity contribution >= 4 is 0 Å². The van der Waals surface area contributed by atoms with Crippen molar-refractivity contribution in [3.05, 3.63) is 0 Å². The molecule has 0 unspecified atom stereocenters. The van der Waals surface area contributed by atoms with Crippen LogP contribution in [-0.4, -0.2) is 5.48 Å². The van der Waals surface area contributed by atoms with E-state index in [1.807, 2.05) is 0 Å². The standard InChI is InChI=1S/ClH.Na.H2O.Zn/h1H;;1H2;/q;+1;;+2/p-2. The summed E-state index contributed by atoms with van der Waals surface area (Å²) in [6.45, 7) is 0. The first kappa shape index (κ1) is 39.7. The van der Waals surface area contributed by atoms with Gasteiger partial charge in [-0.3, -0.25) is 0 Å². The van der Waals surface area contributed by atoms with E-state index in [1.54, 1.807) is 0 Å². The summed E-state index contributed by atoms with van der Waals surface area (Å²) < 4.78 is 0. The summed E-state index contributed by atoms with van der Waals surface area (Å²) in [6, 6.07) is 0. The van der Waals surface area contributed by atoms with Crippen molar-refractivity contribution in [3.8, 4) is 0 Å². The van der Waals surface area contributed by atoms with Gasteiger partial charge in [0.05, 0.1) is 0 Å². The van der Waals surface area contributed by atoms with Gasteiger partial charge in [-0.05, 0) is 0 Å². The predicted molar refractivity (Wildman–Crippen MR) is 1.94 cm³/mol. The summed E-state index contributed by atoms with van der Waals surface area (Å²) in [5.41, 5.74) is 0. The second-order valence-electron chi connectivity index (χ2n) is 0. The summed E-state index contributed by atoms with van der Waals surface area (Å²) >= 11 is 0. The topological polar surface area (TPSA) is 30.0 Å². The first-order valence-corrected chi connectivity index (χ1v) is 0. The molecule has 1 N–H and O–H groups in total. The van der Waals surface area contributed by atoms with Crippen molar-refractivity contribution in [2.24, 2.45) is 0 Å². The van der Waals surface area contributed by atoms with Crippen LogP contribution in [0.1, 0.15) is 0 Å². The van der Waals surface area contributed by atoms with E-state index in [4.69, 9.17) is 0 Å². The van der Waals surface area contributed by atoms with Crippen LogP contribution in [0.15, 0.2) is 0 Å². The second kappa shape index (κ2) is 20.8. The van der Waals surface area contributed by atoms with Crippen molar-refractivity contribution in [1.29, 1.82) is 0 Å². The molecular formula is HClNaOZn+. The van der Waals surface area contributed by atoms with Crippen LogP contribution in [0.4, 0.5) is 0 Å². The molecule has 0 heterocycles. The van der Waals surface area contributed by atoms with Crippen molar-refractivity contribution in [1.82, 2.24) is 0 Å². The molecule has 0 radical (unpaired) electrons. The third kappa shape index (κ3) is 9.11. The predicted octanol–water partition coefficient (Wildman–Crippen LogP) is -6.17. The summed E-state index contributed by atoms with van der Waals surface area (Å²) in [4.78, 5) is 0. The molecular weight excluding hydrogens is 140 g/mol. The fraction of sp³-hybridized carbons (Fsp3) is 0. The van der Waals surface area contributed by atoms with Gasteiger partial charge in [-0.2, -0.15) is 0 Å². The molecule has 0 aromatic rings. The van der Waals surface area contributed by atoms with Crippen molar-refractivity contribution in [2.45, 2.75) is 0 Å². The Bertz CT molecular complexity index is 8.00. The molecule has 0 spiro atoms. The third-order valence-electron chi connectivity index (χ3n) is 0. The molecule has 0 bridgehead atoms. The van der Waals surface area contributed by atoms with Gasteiger partial charge < -0.3 is 17.9 Å². The largest absolute Gasteiger partial charge is 2.00 e. The van der Waals surface area contributed by atoms with Crippen LogP contribution in [0.3, 0.4) is 0 Å². The van der Waals surface area contributed by atoms with E-state index >= 15 is 0 Å². The Labute approximate surface area is 66.3 Å². The maximum Gasteiger partial charge on any atom is 2.00 e. The van der Waals surface area contributed by atoms with Gasteiger partial charge >= 0.3 is 49.0 Å². The van der Waals surface area contributed by atoms with Crippen molar-refractivity contribution in [2.75, 3.05) is 0 Å². The molecule has 0 aliphatic rings. The molecule has 0 aliphatic heterocycles. The maximum absolute atomic E-state index is 0. The molecule has 16 valence electrons. The van der Waals surface area contributed by atoms with E-state index < -0.39 is 0 Å². The van der Waals surface area contributed by atoms with Crippen LogP contribution >= 0.6 is 0 Å². The van der Waals surface area contributed by atoms with Gasteiger partial charge in [0, 0.05) is 0 Å². The van der Waals surface area contributed by atoms with E-state index in [0.717, 1.165) is 0 Å². The Kier molecular flexibility index (Phi) is 207. The zero-order valence-electron chi connectivity index (χ0n) is 2.53. The van der Waals surface area contributed by atoms with Gasteiger partial charge in [-0.25, -0.2) is 0 Å². The summed E-state index contributed by atoms with van der Waals surface area (Å²) in [5.74, 6) is 0. The molecule has 4 heavy (non-hydrogen) atoms. The smallest absolute Gasteiger partial charge is 1.00 e. The molecule has 0 saturated carbocycles. The minimum atomic E-state index is 0. The molecule has 0 amide bonds. The van der Waals surface area contributed by atoms with Crippen LogP contribution in [0.2, 0.25) is 0 Å². The molecule has 0 saturated heterocycles. The Balaban J connectivity index is 0. The molecule has 0 fully saturated rings. The molecule has 0 rings (SSSR count). The Morgan fingerprint density at radius 2 is 1.00 bits per heavy atom. The average molecular weight is 141 g/mol.